The normalized spacial score (nSPS) is 20.8. The molecule has 1 fully saturated rings. The minimum absolute atomic E-state index is 0.00446. The molecule has 1 amide bonds. The first-order chi connectivity index (χ1) is 11.6. The zero-order valence-corrected chi connectivity index (χ0v) is 13.7. The molecule has 1 aliphatic rings. The molecular weight excluding hydrogens is 309 g/mol. The van der Waals surface area contributed by atoms with Gasteiger partial charge in [-0.1, -0.05) is 12.8 Å². The second-order valence-corrected chi connectivity index (χ2v) is 6.34. The first kappa shape index (κ1) is 16.6. The van der Waals surface area contributed by atoms with Gasteiger partial charge in [-0.2, -0.15) is 5.10 Å². The number of carbonyl (C=O) groups is 1. The molecule has 0 radical (unpaired) electrons. The van der Waals surface area contributed by atoms with Crippen LogP contribution in [0, 0.1) is 18.7 Å². The van der Waals surface area contributed by atoms with Crippen LogP contribution in [0.4, 0.5) is 4.39 Å². The highest BCUT2D eigenvalue weighted by atomic mass is 19.1. The van der Waals surface area contributed by atoms with Crippen LogP contribution in [0.1, 0.15) is 41.7 Å². The Balaban J connectivity index is 1.77. The van der Waals surface area contributed by atoms with E-state index < -0.39 is 0 Å². The fraction of sp³-hybridized carbons (Fsp3) is 0.444. The average Bonchev–Trinajstić information content (AvgIpc) is 2.98. The van der Waals surface area contributed by atoms with Crippen LogP contribution in [-0.4, -0.2) is 33.4 Å². The molecule has 1 saturated carbocycles. The second-order valence-electron chi connectivity index (χ2n) is 6.34. The van der Waals surface area contributed by atoms with Crippen molar-refractivity contribution < 1.29 is 14.3 Å². The number of amides is 1. The third-order valence-corrected chi connectivity index (χ3v) is 4.79. The fourth-order valence-electron chi connectivity index (χ4n) is 3.34. The van der Waals surface area contributed by atoms with Gasteiger partial charge in [0, 0.05) is 18.6 Å². The highest BCUT2D eigenvalue weighted by molar-refractivity contribution is 5.95. The number of aromatic nitrogens is 2. The summed E-state index contributed by atoms with van der Waals surface area (Å²) >= 11 is 0. The van der Waals surface area contributed by atoms with E-state index in [1.165, 1.54) is 18.3 Å². The van der Waals surface area contributed by atoms with Crippen LogP contribution in [0.25, 0.3) is 5.69 Å². The summed E-state index contributed by atoms with van der Waals surface area (Å²) < 4.78 is 14.7. The van der Waals surface area contributed by atoms with Crippen molar-refractivity contribution in [3.8, 4) is 5.69 Å². The molecule has 0 saturated heterocycles. The van der Waals surface area contributed by atoms with Crippen molar-refractivity contribution in [2.75, 3.05) is 6.61 Å². The van der Waals surface area contributed by atoms with E-state index in [1.807, 2.05) is 6.92 Å². The Bertz CT molecular complexity index is 712. The van der Waals surface area contributed by atoms with Gasteiger partial charge in [-0.25, -0.2) is 9.07 Å². The van der Waals surface area contributed by atoms with Gasteiger partial charge in [0.1, 0.15) is 5.82 Å². The van der Waals surface area contributed by atoms with Crippen LogP contribution in [0.3, 0.4) is 0 Å². The Morgan fingerprint density at radius 3 is 2.75 bits per heavy atom. The molecule has 2 aromatic rings. The molecule has 2 atom stereocenters. The second kappa shape index (κ2) is 7.13. The topological polar surface area (TPSA) is 67.2 Å². The molecule has 0 bridgehead atoms. The van der Waals surface area contributed by atoms with E-state index in [-0.39, 0.29) is 30.3 Å². The van der Waals surface area contributed by atoms with Gasteiger partial charge in [-0.05, 0) is 44.0 Å². The number of aliphatic hydroxyl groups is 1. The van der Waals surface area contributed by atoms with E-state index in [1.54, 1.807) is 16.8 Å². The van der Waals surface area contributed by atoms with Gasteiger partial charge in [0.05, 0.1) is 23.1 Å². The molecule has 2 N–H and O–H groups in total. The van der Waals surface area contributed by atoms with Gasteiger partial charge in [-0.15, -0.1) is 0 Å². The molecule has 0 aliphatic heterocycles. The van der Waals surface area contributed by atoms with Crippen LogP contribution < -0.4 is 5.32 Å². The number of benzene rings is 1. The third-order valence-electron chi connectivity index (χ3n) is 4.79. The first-order valence-corrected chi connectivity index (χ1v) is 8.32. The maximum atomic E-state index is 13.1. The van der Waals surface area contributed by atoms with Crippen molar-refractivity contribution >= 4 is 5.91 Å². The summed E-state index contributed by atoms with van der Waals surface area (Å²) in [4.78, 5) is 12.6. The lowest BCUT2D eigenvalue weighted by molar-refractivity contribution is 0.0872. The van der Waals surface area contributed by atoms with E-state index in [0.29, 0.717) is 16.9 Å². The smallest absolute Gasteiger partial charge is 0.254 e. The summed E-state index contributed by atoms with van der Waals surface area (Å²) in [6, 6.07) is 5.98. The van der Waals surface area contributed by atoms with E-state index >= 15 is 0 Å². The standard InChI is InChI=1S/C18H22FN3O2/c1-12-16(10-20-22(12)15-8-6-14(19)7-9-15)18(24)21-17-5-3-2-4-13(17)11-23/h6-10,13,17,23H,2-5,11H2,1H3,(H,21,24). The monoisotopic (exact) mass is 331 g/mol. The number of nitrogens with one attached hydrogen (secondary N) is 1. The lowest BCUT2D eigenvalue weighted by Crippen LogP contribution is -2.43. The Morgan fingerprint density at radius 1 is 1.33 bits per heavy atom. The molecular formula is C18H22FN3O2. The van der Waals surface area contributed by atoms with E-state index in [9.17, 15) is 14.3 Å². The summed E-state index contributed by atoms with van der Waals surface area (Å²) in [6.45, 7) is 1.91. The Morgan fingerprint density at radius 2 is 2.04 bits per heavy atom. The van der Waals surface area contributed by atoms with Crippen molar-refractivity contribution in [1.82, 2.24) is 15.1 Å². The minimum Gasteiger partial charge on any atom is -0.396 e. The molecule has 3 rings (SSSR count). The van der Waals surface area contributed by atoms with E-state index in [0.717, 1.165) is 25.7 Å². The molecule has 2 unspecified atom stereocenters. The summed E-state index contributed by atoms with van der Waals surface area (Å²) in [5, 5.41) is 16.8. The highest BCUT2D eigenvalue weighted by Crippen LogP contribution is 2.24. The van der Waals surface area contributed by atoms with Gasteiger partial charge in [0.15, 0.2) is 0 Å². The molecule has 6 heteroatoms. The number of hydrogen-bond acceptors (Lipinski definition) is 3. The van der Waals surface area contributed by atoms with Crippen LogP contribution in [0.5, 0.6) is 0 Å². The quantitative estimate of drug-likeness (QED) is 0.905. The van der Waals surface area contributed by atoms with Gasteiger partial charge in [0.2, 0.25) is 0 Å². The zero-order chi connectivity index (χ0) is 17.1. The molecule has 1 aliphatic carbocycles. The molecule has 1 aromatic carbocycles. The molecule has 24 heavy (non-hydrogen) atoms. The van der Waals surface area contributed by atoms with Gasteiger partial charge in [-0.3, -0.25) is 4.79 Å². The highest BCUT2D eigenvalue weighted by Gasteiger charge is 2.27. The number of rotatable bonds is 4. The van der Waals surface area contributed by atoms with Crippen LogP contribution in [0.2, 0.25) is 0 Å². The molecule has 1 heterocycles. The first-order valence-electron chi connectivity index (χ1n) is 8.32. The van der Waals surface area contributed by atoms with Crippen LogP contribution in [0.15, 0.2) is 30.5 Å². The molecule has 1 aromatic heterocycles. The number of halogens is 1. The molecule has 5 nitrogen and oxygen atoms in total. The Kier molecular flexibility index (Phi) is 4.94. The van der Waals surface area contributed by atoms with Crippen LogP contribution >= 0.6 is 0 Å². The number of aliphatic hydroxyl groups excluding tert-OH is 1. The van der Waals surface area contributed by atoms with Crippen molar-refractivity contribution in [3.63, 3.8) is 0 Å². The predicted octanol–water partition coefficient (Wildman–Crippen LogP) is 2.60. The Labute approximate surface area is 140 Å². The predicted molar refractivity (Wildman–Crippen MR) is 88.6 cm³/mol. The van der Waals surface area contributed by atoms with Crippen molar-refractivity contribution in [2.45, 2.75) is 38.6 Å². The summed E-state index contributed by atoms with van der Waals surface area (Å²) in [7, 11) is 0. The van der Waals surface area contributed by atoms with Crippen molar-refractivity contribution in [3.05, 3.63) is 47.5 Å². The van der Waals surface area contributed by atoms with Gasteiger partial charge < -0.3 is 10.4 Å². The SMILES string of the molecule is Cc1c(C(=O)NC2CCCCC2CO)cnn1-c1ccc(F)cc1. The zero-order valence-electron chi connectivity index (χ0n) is 13.7. The number of hydrogen-bond donors (Lipinski definition) is 2. The van der Waals surface area contributed by atoms with E-state index in [4.69, 9.17) is 0 Å². The molecule has 128 valence electrons. The number of nitrogens with zero attached hydrogens (tertiary/aromatic N) is 2. The largest absolute Gasteiger partial charge is 0.396 e. The van der Waals surface area contributed by atoms with Crippen LogP contribution in [-0.2, 0) is 0 Å². The van der Waals surface area contributed by atoms with Gasteiger partial charge in [0.25, 0.3) is 5.91 Å². The summed E-state index contributed by atoms with van der Waals surface area (Å²) in [5.41, 5.74) is 1.91. The minimum atomic E-state index is -0.311. The summed E-state index contributed by atoms with van der Waals surface area (Å²) in [6.07, 6.45) is 5.52. The fourth-order valence-corrected chi connectivity index (χ4v) is 3.34. The average molecular weight is 331 g/mol. The number of carbonyl (C=O) groups excluding carboxylic acids is 1. The Hall–Kier alpha value is -2.21. The lowest BCUT2D eigenvalue weighted by atomic mass is 9.85. The van der Waals surface area contributed by atoms with E-state index in [2.05, 4.69) is 10.4 Å². The summed E-state index contributed by atoms with van der Waals surface area (Å²) in [5.74, 6) is -0.366. The molecule has 0 spiro atoms. The van der Waals surface area contributed by atoms with Crippen molar-refractivity contribution in [2.24, 2.45) is 5.92 Å². The lowest BCUT2D eigenvalue weighted by Gasteiger charge is -2.30. The maximum Gasteiger partial charge on any atom is 0.254 e. The maximum absolute atomic E-state index is 13.1. The van der Waals surface area contributed by atoms with Crippen molar-refractivity contribution in [1.29, 1.82) is 0 Å². The third kappa shape index (κ3) is 3.33. The van der Waals surface area contributed by atoms with Gasteiger partial charge >= 0.3 is 0 Å².